The smallest absolute Gasteiger partial charge is 0.241 e. The summed E-state index contributed by atoms with van der Waals surface area (Å²) in [4.78, 5) is 14.5. The molecule has 0 radical (unpaired) electrons. The third-order valence-corrected chi connectivity index (χ3v) is 4.47. The first-order valence-corrected chi connectivity index (χ1v) is 7.60. The Kier molecular flexibility index (Phi) is 4.38. The predicted octanol–water partition coefficient (Wildman–Crippen LogP) is 3.47. The summed E-state index contributed by atoms with van der Waals surface area (Å²) in [7, 11) is 0. The SMILES string of the molecule is CCC1NC(c2ccccc2F)N(C(C)C(C)(C)C)C1=O. The van der Waals surface area contributed by atoms with E-state index in [-0.39, 0.29) is 29.2 Å². The summed E-state index contributed by atoms with van der Waals surface area (Å²) < 4.78 is 14.2. The van der Waals surface area contributed by atoms with Crippen LogP contribution in [-0.4, -0.2) is 22.9 Å². The van der Waals surface area contributed by atoms with Crippen molar-refractivity contribution < 1.29 is 9.18 Å². The Morgan fingerprint density at radius 1 is 1.33 bits per heavy atom. The number of carbonyl (C=O) groups is 1. The van der Waals surface area contributed by atoms with Crippen LogP contribution in [0.2, 0.25) is 0 Å². The number of amides is 1. The van der Waals surface area contributed by atoms with E-state index in [0.717, 1.165) is 0 Å². The Bertz CT molecular complexity index is 524. The summed E-state index contributed by atoms with van der Waals surface area (Å²) in [6.45, 7) is 10.3. The number of rotatable bonds is 3. The van der Waals surface area contributed by atoms with Crippen LogP contribution in [-0.2, 0) is 4.79 Å². The van der Waals surface area contributed by atoms with E-state index < -0.39 is 6.17 Å². The van der Waals surface area contributed by atoms with E-state index in [2.05, 4.69) is 26.1 Å². The molecule has 1 aliphatic rings. The van der Waals surface area contributed by atoms with Gasteiger partial charge in [0.15, 0.2) is 0 Å². The quantitative estimate of drug-likeness (QED) is 0.925. The van der Waals surface area contributed by atoms with Crippen molar-refractivity contribution in [3.63, 3.8) is 0 Å². The van der Waals surface area contributed by atoms with Crippen molar-refractivity contribution in [2.45, 2.75) is 59.3 Å². The Morgan fingerprint density at radius 2 is 1.95 bits per heavy atom. The van der Waals surface area contributed by atoms with Gasteiger partial charge in [0.2, 0.25) is 5.91 Å². The third kappa shape index (κ3) is 2.95. The van der Waals surface area contributed by atoms with E-state index in [9.17, 15) is 9.18 Å². The van der Waals surface area contributed by atoms with Crippen LogP contribution in [0.3, 0.4) is 0 Å². The van der Waals surface area contributed by atoms with Crippen LogP contribution in [0.15, 0.2) is 24.3 Å². The van der Waals surface area contributed by atoms with E-state index in [0.29, 0.717) is 12.0 Å². The maximum atomic E-state index is 14.2. The highest BCUT2D eigenvalue weighted by Gasteiger charge is 2.44. The van der Waals surface area contributed by atoms with Gasteiger partial charge in [0.1, 0.15) is 12.0 Å². The molecule has 116 valence electrons. The molecular formula is C17H25FN2O. The fourth-order valence-electron chi connectivity index (χ4n) is 2.71. The molecule has 0 bridgehead atoms. The number of hydrogen-bond acceptors (Lipinski definition) is 2. The van der Waals surface area contributed by atoms with Gasteiger partial charge in [0.25, 0.3) is 0 Å². The molecule has 0 aromatic heterocycles. The van der Waals surface area contributed by atoms with E-state index >= 15 is 0 Å². The molecule has 1 aromatic carbocycles. The summed E-state index contributed by atoms with van der Waals surface area (Å²) in [5, 5.41) is 3.29. The van der Waals surface area contributed by atoms with Crippen LogP contribution in [0.25, 0.3) is 0 Å². The number of benzene rings is 1. The summed E-state index contributed by atoms with van der Waals surface area (Å²) in [5.74, 6) is -0.209. The van der Waals surface area contributed by atoms with Gasteiger partial charge in [0.05, 0.1) is 6.04 Å². The molecule has 1 fully saturated rings. The normalized spacial score (nSPS) is 24.5. The topological polar surface area (TPSA) is 32.3 Å². The molecule has 1 amide bonds. The minimum atomic E-state index is -0.391. The number of nitrogens with one attached hydrogen (secondary N) is 1. The van der Waals surface area contributed by atoms with Gasteiger partial charge >= 0.3 is 0 Å². The first-order valence-electron chi connectivity index (χ1n) is 7.60. The molecule has 1 aromatic rings. The van der Waals surface area contributed by atoms with E-state index in [4.69, 9.17) is 0 Å². The lowest BCUT2D eigenvalue weighted by Gasteiger charge is -2.38. The predicted molar refractivity (Wildman–Crippen MR) is 82.1 cm³/mol. The number of carbonyl (C=O) groups excluding carboxylic acids is 1. The lowest BCUT2D eigenvalue weighted by molar-refractivity contribution is -0.134. The largest absolute Gasteiger partial charge is 0.318 e. The summed E-state index contributed by atoms with van der Waals surface area (Å²) in [6, 6.07) is 6.45. The molecule has 0 spiro atoms. The molecule has 1 saturated heterocycles. The van der Waals surface area contributed by atoms with Gasteiger partial charge in [-0.25, -0.2) is 4.39 Å². The minimum Gasteiger partial charge on any atom is -0.318 e. The van der Waals surface area contributed by atoms with Crippen molar-refractivity contribution in [3.05, 3.63) is 35.6 Å². The van der Waals surface area contributed by atoms with Gasteiger partial charge in [-0.05, 0) is 24.8 Å². The molecule has 1 aliphatic heterocycles. The molecular weight excluding hydrogens is 267 g/mol. The van der Waals surface area contributed by atoms with Crippen molar-refractivity contribution in [1.82, 2.24) is 10.2 Å². The van der Waals surface area contributed by atoms with Gasteiger partial charge in [-0.2, -0.15) is 0 Å². The fourth-order valence-corrected chi connectivity index (χ4v) is 2.71. The average molecular weight is 292 g/mol. The van der Waals surface area contributed by atoms with E-state index in [1.165, 1.54) is 6.07 Å². The van der Waals surface area contributed by atoms with Crippen molar-refractivity contribution in [2.75, 3.05) is 0 Å². The van der Waals surface area contributed by atoms with E-state index in [1.807, 2.05) is 24.8 Å². The minimum absolute atomic E-state index is 0.0126. The van der Waals surface area contributed by atoms with E-state index in [1.54, 1.807) is 12.1 Å². The van der Waals surface area contributed by atoms with Gasteiger partial charge in [-0.15, -0.1) is 0 Å². The summed E-state index contributed by atoms with van der Waals surface area (Å²) in [5.41, 5.74) is 0.474. The van der Waals surface area contributed by atoms with Crippen LogP contribution >= 0.6 is 0 Å². The fraction of sp³-hybridized carbons (Fsp3) is 0.588. The zero-order valence-electron chi connectivity index (χ0n) is 13.5. The molecule has 1 heterocycles. The molecule has 3 atom stereocenters. The highest BCUT2D eigenvalue weighted by atomic mass is 19.1. The van der Waals surface area contributed by atoms with Crippen LogP contribution in [0.1, 0.15) is 52.8 Å². The first-order chi connectivity index (χ1) is 9.77. The standard InChI is InChI=1S/C17H25FN2O/c1-6-14-16(21)20(11(2)17(3,4)5)15(19-14)12-9-7-8-10-13(12)18/h7-11,14-15,19H,6H2,1-5H3. The Labute approximate surface area is 126 Å². The van der Waals surface area contributed by atoms with Crippen LogP contribution in [0.4, 0.5) is 4.39 Å². The maximum absolute atomic E-state index is 14.2. The highest BCUT2D eigenvalue weighted by molar-refractivity contribution is 5.85. The highest BCUT2D eigenvalue weighted by Crippen LogP contribution is 2.35. The Morgan fingerprint density at radius 3 is 2.48 bits per heavy atom. The number of hydrogen-bond donors (Lipinski definition) is 1. The number of nitrogens with zero attached hydrogens (tertiary/aromatic N) is 1. The summed E-state index contributed by atoms with van der Waals surface area (Å²) in [6.07, 6.45) is 0.315. The Hall–Kier alpha value is -1.42. The second-order valence-electron chi connectivity index (χ2n) is 6.84. The lowest BCUT2D eigenvalue weighted by atomic mass is 9.86. The molecule has 0 aliphatic carbocycles. The molecule has 1 N–H and O–H groups in total. The zero-order valence-corrected chi connectivity index (χ0v) is 13.5. The average Bonchev–Trinajstić information content (AvgIpc) is 2.74. The van der Waals surface area contributed by atoms with Gasteiger partial charge in [0, 0.05) is 11.6 Å². The van der Waals surface area contributed by atoms with Crippen molar-refractivity contribution in [3.8, 4) is 0 Å². The van der Waals surface area contributed by atoms with Crippen molar-refractivity contribution in [2.24, 2.45) is 5.41 Å². The third-order valence-electron chi connectivity index (χ3n) is 4.47. The van der Waals surface area contributed by atoms with Gasteiger partial charge < -0.3 is 4.90 Å². The second kappa shape index (κ2) is 5.76. The number of halogens is 1. The molecule has 21 heavy (non-hydrogen) atoms. The lowest BCUT2D eigenvalue weighted by Crippen LogP contribution is -2.45. The van der Waals surface area contributed by atoms with Crippen LogP contribution in [0, 0.1) is 11.2 Å². The molecule has 4 heteroatoms. The van der Waals surface area contributed by atoms with Crippen LogP contribution < -0.4 is 5.32 Å². The van der Waals surface area contributed by atoms with Crippen molar-refractivity contribution in [1.29, 1.82) is 0 Å². The molecule has 0 saturated carbocycles. The Balaban J connectivity index is 2.42. The summed E-state index contributed by atoms with van der Waals surface area (Å²) >= 11 is 0. The first kappa shape index (κ1) is 16.0. The monoisotopic (exact) mass is 292 g/mol. The molecule has 3 nitrogen and oxygen atoms in total. The van der Waals surface area contributed by atoms with Gasteiger partial charge in [-0.3, -0.25) is 10.1 Å². The van der Waals surface area contributed by atoms with Gasteiger partial charge in [-0.1, -0.05) is 45.9 Å². The zero-order chi connectivity index (χ0) is 15.8. The second-order valence-corrected chi connectivity index (χ2v) is 6.84. The van der Waals surface area contributed by atoms with Crippen LogP contribution in [0.5, 0.6) is 0 Å². The maximum Gasteiger partial charge on any atom is 0.241 e. The van der Waals surface area contributed by atoms with Crippen molar-refractivity contribution >= 4 is 5.91 Å². The molecule has 2 rings (SSSR count). The molecule has 3 unspecified atom stereocenters.